The first-order valence-electron chi connectivity index (χ1n) is 14.0. The van der Waals surface area contributed by atoms with E-state index < -0.39 is 35.9 Å². The fraction of sp³-hybridized carbons (Fsp3) is 0.233. The Morgan fingerprint density at radius 2 is 1.51 bits per heavy atom. The van der Waals surface area contributed by atoms with E-state index in [1.165, 1.54) is 18.2 Å². The molecule has 0 aliphatic heterocycles. The first-order chi connectivity index (χ1) is 22.3. The lowest BCUT2D eigenvalue weighted by atomic mass is 10.1. The molecule has 4 aromatic rings. The van der Waals surface area contributed by atoms with Crippen molar-refractivity contribution in [1.82, 2.24) is 0 Å². The molecule has 0 saturated carbocycles. The van der Waals surface area contributed by atoms with Crippen molar-refractivity contribution in [3.63, 3.8) is 0 Å². The molecule has 0 heterocycles. The standard InChI is InChI=1S/C30H33N5O10S2/c1-19-14-27(33-30(36)20-2-5-22(32)6-3-20)28(45-13-12-44-11-10-43-9-8-31)18-26(19)35-34-23-7-4-21-15-24(46(37,38)39)17-29(25(21)16-23)47(40,41)42/h2-7,14-18H,8-13,31-32H2,1H3,(H,33,36)(H,37,38,39)(H,40,41,42). The molecule has 250 valence electrons. The van der Waals surface area contributed by atoms with Crippen LogP contribution >= 0.6 is 0 Å². The van der Waals surface area contributed by atoms with Gasteiger partial charge in [-0.05, 0) is 72.5 Å². The van der Waals surface area contributed by atoms with E-state index in [1.807, 2.05) is 0 Å². The smallest absolute Gasteiger partial charge is 0.295 e. The summed E-state index contributed by atoms with van der Waals surface area (Å²) in [7, 11) is -9.66. The van der Waals surface area contributed by atoms with E-state index in [9.17, 15) is 30.7 Å². The molecule has 15 nitrogen and oxygen atoms in total. The highest BCUT2D eigenvalue weighted by Crippen LogP contribution is 2.36. The molecular formula is C30H33N5O10S2. The molecule has 0 bridgehead atoms. The normalized spacial score (nSPS) is 12.1. The summed E-state index contributed by atoms with van der Waals surface area (Å²) in [4.78, 5) is 11.5. The monoisotopic (exact) mass is 687 g/mol. The van der Waals surface area contributed by atoms with Gasteiger partial charge in [-0.3, -0.25) is 13.9 Å². The van der Waals surface area contributed by atoms with Crippen LogP contribution in [-0.4, -0.2) is 71.4 Å². The molecule has 0 saturated heterocycles. The van der Waals surface area contributed by atoms with E-state index in [4.69, 9.17) is 25.7 Å². The van der Waals surface area contributed by atoms with Gasteiger partial charge in [0.15, 0.2) is 0 Å². The van der Waals surface area contributed by atoms with Gasteiger partial charge in [0.25, 0.3) is 26.1 Å². The van der Waals surface area contributed by atoms with Crippen LogP contribution in [0.4, 0.5) is 22.7 Å². The predicted molar refractivity (Wildman–Crippen MR) is 174 cm³/mol. The Labute approximate surface area is 271 Å². The second-order valence-electron chi connectivity index (χ2n) is 10.0. The fourth-order valence-corrected chi connectivity index (χ4v) is 5.62. The molecule has 0 spiro atoms. The summed E-state index contributed by atoms with van der Waals surface area (Å²) < 4.78 is 83.3. The number of azo groups is 1. The summed E-state index contributed by atoms with van der Waals surface area (Å²) in [5.41, 5.74) is 13.5. The summed E-state index contributed by atoms with van der Waals surface area (Å²) >= 11 is 0. The fourth-order valence-electron chi connectivity index (χ4n) is 4.27. The maximum atomic E-state index is 13.0. The number of benzene rings is 4. The zero-order chi connectivity index (χ0) is 34.2. The van der Waals surface area contributed by atoms with Crippen LogP contribution in [0.15, 0.2) is 86.7 Å². The number of nitrogens with zero attached hydrogens (tertiary/aromatic N) is 2. The summed E-state index contributed by atoms with van der Waals surface area (Å²) in [5.74, 6) is -0.138. The number of aryl methyl sites for hydroxylation is 1. The summed E-state index contributed by atoms with van der Waals surface area (Å²) in [6.07, 6.45) is 0. The average molecular weight is 688 g/mol. The lowest BCUT2D eigenvalue weighted by molar-refractivity contribution is 0.0389. The molecule has 4 aromatic carbocycles. The molecule has 0 atom stereocenters. The van der Waals surface area contributed by atoms with Crippen molar-refractivity contribution in [2.75, 3.05) is 50.6 Å². The van der Waals surface area contributed by atoms with Crippen molar-refractivity contribution in [1.29, 1.82) is 0 Å². The molecule has 0 aromatic heterocycles. The highest BCUT2D eigenvalue weighted by Gasteiger charge is 2.21. The Bertz CT molecular complexity index is 2000. The SMILES string of the molecule is Cc1cc(NC(=O)c2ccc(N)cc2)c(OCCOCCOCCN)cc1N=Nc1ccc2cc(S(=O)(=O)O)cc(S(=O)(=O)O)c2c1. The number of amides is 1. The van der Waals surface area contributed by atoms with Crippen LogP contribution in [0.25, 0.3) is 10.8 Å². The number of nitrogen functional groups attached to an aromatic ring is 1. The molecule has 0 fully saturated rings. The van der Waals surface area contributed by atoms with Crippen LogP contribution in [0.2, 0.25) is 0 Å². The molecule has 17 heteroatoms. The van der Waals surface area contributed by atoms with Gasteiger partial charge in [0, 0.05) is 29.2 Å². The van der Waals surface area contributed by atoms with Gasteiger partial charge in [-0.1, -0.05) is 6.07 Å². The molecule has 4 rings (SSSR count). The number of nitrogens with two attached hydrogens (primary N) is 2. The third kappa shape index (κ3) is 9.75. The maximum Gasteiger partial charge on any atom is 0.295 e. The largest absolute Gasteiger partial charge is 0.489 e. The van der Waals surface area contributed by atoms with Crippen molar-refractivity contribution in [3.8, 4) is 5.75 Å². The lowest BCUT2D eigenvalue weighted by Crippen LogP contribution is -2.15. The van der Waals surface area contributed by atoms with E-state index >= 15 is 0 Å². The Balaban J connectivity index is 1.62. The van der Waals surface area contributed by atoms with Crippen molar-refractivity contribution in [2.45, 2.75) is 16.7 Å². The van der Waals surface area contributed by atoms with E-state index in [2.05, 4.69) is 15.5 Å². The Morgan fingerprint density at radius 1 is 0.830 bits per heavy atom. The number of carbonyl (C=O) groups excluding carboxylic acids is 1. The third-order valence-electron chi connectivity index (χ3n) is 6.56. The van der Waals surface area contributed by atoms with Gasteiger partial charge < -0.3 is 31.0 Å². The first kappa shape index (κ1) is 35.4. The lowest BCUT2D eigenvalue weighted by Gasteiger charge is -2.15. The van der Waals surface area contributed by atoms with Crippen molar-refractivity contribution < 1.29 is 44.9 Å². The molecule has 47 heavy (non-hydrogen) atoms. The minimum absolute atomic E-state index is 0.0498. The summed E-state index contributed by atoms with van der Waals surface area (Å²) in [6.45, 7) is 3.61. The molecule has 7 N–H and O–H groups in total. The topological polar surface area (TPSA) is 242 Å². The van der Waals surface area contributed by atoms with Crippen LogP contribution in [0.3, 0.4) is 0 Å². The molecule has 1 amide bonds. The highest BCUT2D eigenvalue weighted by atomic mass is 32.2. The number of carbonyl (C=O) groups is 1. The Kier molecular flexibility index (Phi) is 11.6. The van der Waals surface area contributed by atoms with Gasteiger partial charge in [0.05, 0.1) is 48.4 Å². The van der Waals surface area contributed by atoms with Crippen LogP contribution < -0.4 is 21.5 Å². The van der Waals surface area contributed by atoms with Gasteiger partial charge in [-0.15, -0.1) is 0 Å². The summed E-state index contributed by atoms with van der Waals surface area (Å²) in [5, 5.41) is 11.4. The van der Waals surface area contributed by atoms with Crippen molar-refractivity contribution in [3.05, 3.63) is 77.9 Å². The number of hydrogen-bond donors (Lipinski definition) is 5. The Morgan fingerprint density at radius 3 is 2.17 bits per heavy atom. The number of fused-ring (bicyclic) bond motifs is 1. The zero-order valence-electron chi connectivity index (χ0n) is 25.1. The average Bonchev–Trinajstić information content (AvgIpc) is 3.01. The van der Waals surface area contributed by atoms with E-state index in [1.54, 1.807) is 43.3 Å². The van der Waals surface area contributed by atoms with E-state index in [0.717, 1.165) is 6.07 Å². The quantitative estimate of drug-likeness (QED) is 0.0509. The second kappa shape index (κ2) is 15.4. The number of anilines is 2. The van der Waals surface area contributed by atoms with Gasteiger partial charge >= 0.3 is 0 Å². The maximum absolute atomic E-state index is 13.0. The van der Waals surface area contributed by atoms with Crippen LogP contribution in [0.5, 0.6) is 5.75 Å². The summed E-state index contributed by atoms with van der Waals surface area (Å²) in [6, 6.07) is 15.4. The van der Waals surface area contributed by atoms with Gasteiger partial charge in [0.2, 0.25) is 0 Å². The number of nitrogens with one attached hydrogen (secondary N) is 1. The zero-order valence-corrected chi connectivity index (χ0v) is 26.8. The third-order valence-corrected chi connectivity index (χ3v) is 8.29. The van der Waals surface area contributed by atoms with E-state index in [-0.39, 0.29) is 35.4 Å². The highest BCUT2D eigenvalue weighted by molar-refractivity contribution is 7.86. The predicted octanol–water partition coefficient (Wildman–Crippen LogP) is 4.26. The van der Waals surface area contributed by atoms with Crippen molar-refractivity contribution in [2.24, 2.45) is 16.0 Å². The van der Waals surface area contributed by atoms with Crippen LogP contribution in [0, 0.1) is 6.92 Å². The number of rotatable bonds is 15. The van der Waals surface area contributed by atoms with Crippen LogP contribution in [-0.2, 0) is 29.7 Å². The molecule has 0 aliphatic rings. The molecular weight excluding hydrogens is 654 g/mol. The number of hydrogen-bond acceptors (Lipinski definition) is 12. The molecule has 0 aliphatic carbocycles. The molecule has 0 radical (unpaired) electrons. The van der Waals surface area contributed by atoms with Gasteiger partial charge in [-0.2, -0.15) is 27.1 Å². The van der Waals surface area contributed by atoms with Gasteiger partial charge in [-0.25, -0.2) is 0 Å². The first-order valence-corrected chi connectivity index (χ1v) is 16.9. The van der Waals surface area contributed by atoms with Crippen LogP contribution in [0.1, 0.15) is 15.9 Å². The minimum Gasteiger partial charge on any atom is -0.489 e. The second-order valence-corrected chi connectivity index (χ2v) is 12.9. The van der Waals surface area contributed by atoms with Gasteiger partial charge in [0.1, 0.15) is 17.3 Å². The number of ether oxygens (including phenoxy) is 3. The van der Waals surface area contributed by atoms with E-state index in [0.29, 0.717) is 60.6 Å². The Hall–Kier alpha value is -4.49. The van der Waals surface area contributed by atoms with Crippen molar-refractivity contribution >= 4 is 59.7 Å². The minimum atomic E-state index is -4.89. The molecule has 0 unspecified atom stereocenters.